The van der Waals surface area contributed by atoms with Gasteiger partial charge in [-0.2, -0.15) is 0 Å². The fourth-order valence-electron chi connectivity index (χ4n) is 1.84. The minimum atomic E-state index is -1.09. The van der Waals surface area contributed by atoms with Gasteiger partial charge in [0.2, 0.25) is 5.91 Å². The highest BCUT2D eigenvalue weighted by molar-refractivity contribution is 6.30. The predicted octanol–water partition coefficient (Wildman–Crippen LogP) is 1.62. The zero-order valence-electron chi connectivity index (χ0n) is 11.5. The molecule has 0 bridgehead atoms. The number of benzene rings is 1. The molecule has 1 atom stereocenters. The van der Waals surface area contributed by atoms with Crippen LogP contribution in [0.15, 0.2) is 18.2 Å². The van der Waals surface area contributed by atoms with Crippen molar-refractivity contribution in [3.63, 3.8) is 0 Å². The first-order valence-corrected chi connectivity index (χ1v) is 6.84. The molecular weight excluding hydrogens is 298 g/mol. The molecule has 1 amide bonds. The Kier molecular flexibility index (Phi) is 4.34. The third-order valence-electron chi connectivity index (χ3n) is 3.28. The molecule has 0 aliphatic heterocycles. The van der Waals surface area contributed by atoms with Gasteiger partial charge < -0.3 is 10.5 Å². The van der Waals surface area contributed by atoms with Gasteiger partial charge in [-0.05, 0) is 25.8 Å². The second-order valence-electron chi connectivity index (χ2n) is 5.27. The summed E-state index contributed by atoms with van der Waals surface area (Å²) in [6.45, 7) is 1.50. The summed E-state index contributed by atoms with van der Waals surface area (Å²) in [5.74, 6) is -0.559. The van der Waals surface area contributed by atoms with Crippen molar-refractivity contribution in [1.82, 2.24) is 5.32 Å². The molecule has 0 aromatic heterocycles. The van der Waals surface area contributed by atoms with Crippen LogP contribution in [-0.2, 0) is 4.79 Å². The van der Waals surface area contributed by atoms with E-state index in [1.807, 2.05) is 0 Å². The van der Waals surface area contributed by atoms with E-state index in [-0.39, 0.29) is 24.1 Å². The Balaban J connectivity index is 2.15. The average Bonchev–Trinajstić information content (AvgIpc) is 3.19. The van der Waals surface area contributed by atoms with Crippen molar-refractivity contribution in [3.8, 4) is 5.75 Å². The number of hydrogen-bond acceptors (Lipinski definition) is 5. The molecule has 114 valence electrons. The van der Waals surface area contributed by atoms with E-state index in [1.54, 1.807) is 6.92 Å². The number of rotatable bonds is 7. The minimum Gasteiger partial charge on any atom is -0.484 e. The number of nitrogens with zero attached hydrogens (tertiary/aromatic N) is 1. The smallest absolute Gasteiger partial charge is 0.311 e. The molecule has 21 heavy (non-hydrogen) atoms. The molecule has 3 N–H and O–H groups in total. The Bertz CT molecular complexity index is 577. The Morgan fingerprint density at radius 3 is 2.81 bits per heavy atom. The van der Waals surface area contributed by atoms with Crippen molar-refractivity contribution in [2.75, 3.05) is 6.61 Å². The molecule has 1 unspecified atom stereocenters. The number of nitro groups is 1. The second kappa shape index (κ2) is 5.87. The summed E-state index contributed by atoms with van der Waals surface area (Å²) in [6.07, 6.45) is 1.94. The molecular formula is C13H16ClN3O4. The van der Waals surface area contributed by atoms with Crippen LogP contribution in [0.4, 0.5) is 5.69 Å². The Morgan fingerprint density at radius 2 is 2.29 bits per heavy atom. The third kappa shape index (κ3) is 3.83. The highest BCUT2D eigenvalue weighted by Gasteiger charge is 2.38. The lowest BCUT2D eigenvalue weighted by atomic mass is 10.0. The normalized spacial score (nSPS) is 17.0. The van der Waals surface area contributed by atoms with Gasteiger partial charge in [0.1, 0.15) is 12.1 Å². The molecule has 1 aliphatic carbocycles. The summed E-state index contributed by atoms with van der Waals surface area (Å²) in [4.78, 5) is 22.0. The van der Waals surface area contributed by atoms with Gasteiger partial charge in [0.25, 0.3) is 0 Å². The lowest BCUT2D eigenvalue weighted by Crippen LogP contribution is -2.57. The SMILES string of the molecule is CC(COc1cc(Cl)ccc1[N+](=O)[O-])(NC1CC1)C(N)=O. The first-order chi connectivity index (χ1) is 9.82. The zero-order valence-corrected chi connectivity index (χ0v) is 12.2. The van der Waals surface area contributed by atoms with Crippen molar-refractivity contribution in [2.24, 2.45) is 5.73 Å². The van der Waals surface area contributed by atoms with E-state index in [4.69, 9.17) is 22.1 Å². The van der Waals surface area contributed by atoms with Crippen molar-refractivity contribution >= 4 is 23.2 Å². The largest absolute Gasteiger partial charge is 0.484 e. The number of amides is 1. The van der Waals surface area contributed by atoms with E-state index in [9.17, 15) is 14.9 Å². The van der Waals surface area contributed by atoms with Crippen LogP contribution in [0, 0.1) is 10.1 Å². The number of carbonyl (C=O) groups is 1. The van der Waals surface area contributed by atoms with Crippen LogP contribution in [0.2, 0.25) is 5.02 Å². The molecule has 1 saturated carbocycles. The topological polar surface area (TPSA) is 107 Å². The van der Waals surface area contributed by atoms with Gasteiger partial charge in [-0.3, -0.25) is 20.2 Å². The van der Waals surface area contributed by atoms with Crippen LogP contribution in [-0.4, -0.2) is 29.0 Å². The standard InChI is InChI=1S/C13H16ClN3O4/c1-13(12(15)18,16-9-3-4-9)7-21-11-6-8(14)2-5-10(11)17(19)20/h2,5-6,9,16H,3-4,7H2,1H3,(H2,15,18). The molecule has 1 aliphatic rings. The van der Waals surface area contributed by atoms with Crippen LogP contribution >= 0.6 is 11.6 Å². The van der Waals surface area contributed by atoms with Gasteiger partial charge in [-0.15, -0.1) is 0 Å². The number of carbonyl (C=O) groups excluding carboxylic acids is 1. The second-order valence-corrected chi connectivity index (χ2v) is 5.71. The van der Waals surface area contributed by atoms with Crippen molar-refractivity contribution in [3.05, 3.63) is 33.3 Å². The number of nitro benzene ring substituents is 1. The molecule has 1 aromatic carbocycles. The summed E-state index contributed by atoms with van der Waals surface area (Å²) >= 11 is 5.82. The number of hydrogen-bond donors (Lipinski definition) is 2. The van der Waals surface area contributed by atoms with E-state index in [0.717, 1.165) is 12.8 Å². The van der Waals surface area contributed by atoms with E-state index in [2.05, 4.69) is 5.32 Å². The number of nitrogens with two attached hydrogens (primary N) is 1. The first-order valence-electron chi connectivity index (χ1n) is 6.46. The highest BCUT2D eigenvalue weighted by atomic mass is 35.5. The maximum atomic E-state index is 11.6. The summed E-state index contributed by atoms with van der Waals surface area (Å²) in [5, 5.41) is 14.4. The molecule has 8 heteroatoms. The first kappa shape index (κ1) is 15.5. The van der Waals surface area contributed by atoms with Crippen molar-refractivity contribution in [2.45, 2.75) is 31.3 Å². The van der Waals surface area contributed by atoms with E-state index in [1.165, 1.54) is 18.2 Å². The number of nitrogens with one attached hydrogen (secondary N) is 1. The molecule has 0 heterocycles. The molecule has 1 fully saturated rings. The van der Waals surface area contributed by atoms with Crippen LogP contribution in [0.1, 0.15) is 19.8 Å². The average molecular weight is 314 g/mol. The molecule has 7 nitrogen and oxygen atoms in total. The fourth-order valence-corrected chi connectivity index (χ4v) is 2.00. The van der Waals surface area contributed by atoms with Gasteiger partial charge >= 0.3 is 5.69 Å². The summed E-state index contributed by atoms with van der Waals surface area (Å²) in [7, 11) is 0. The Labute approximate surface area is 126 Å². The minimum absolute atomic E-state index is 0.0116. The molecule has 0 radical (unpaired) electrons. The zero-order chi connectivity index (χ0) is 15.6. The lowest BCUT2D eigenvalue weighted by Gasteiger charge is -2.27. The molecule has 2 rings (SSSR count). The molecule has 0 saturated heterocycles. The Morgan fingerprint density at radius 1 is 1.62 bits per heavy atom. The van der Waals surface area contributed by atoms with E-state index >= 15 is 0 Å². The van der Waals surface area contributed by atoms with Crippen molar-refractivity contribution < 1.29 is 14.5 Å². The lowest BCUT2D eigenvalue weighted by molar-refractivity contribution is -0.385. The van der Waals surface area contributed by atoms with Gasteiger partial charge in [0.15, 0.2) is 5.75 Å². The van der Waals surface area contributed by atoms with E-state index in [0.29, 0.717) is 5.02 Å². The maximum absolute atomic E-state index is 11.6. The highest BCUT2D eigenvalue weighted by Crippen LogP contribution is 2.31. The molecule has 1 aromatic rings. The number of primary amides is 1. The summed E-state index contributed by atoms with van der Waals surface area (Å²) in [5.41, 5.74) is 4.10. The van der Waals surface area contributed by atoms with E-state index < -0.39 is 16.4 Å². The van der Waals surface area contributed by atoms with Crippen LogP contribution < -0.4 is 15.8 Å². The third-order valence-corrected chi connectivity index (χ3v) is 3.51. The summed E-state index contributed by atoms with van der Waals surface area (Å²) < 4.78 is 5.44. The maximum Gasteiger partial charge on any atom is 0.311 e. The van der Waals surface area contributed by atoms with Gasteiger partial charge in [-0.25, -0.2) is 0 Å². The number of halogens is 1. The van der Waals surface area contributed by atoms with Gasteiger partial charge in [-0.1, -0.05) is 11.6 Å². The van der Waals surface area contributed by atoms with Crippen molar-refractivity contribution in [1.29, 1.82) is 0 Å². The quantitative estimate of drug-likeness (QED) is 0.587. The summed E-state index contributed by atoms with van der Waals surface area (Å²) in [6, 6.07) is 4.24. The number of ether oxygens (including phenoxy) is 1. The van der Waals surface area contributed by atoms with Crippen LogP contribution in [0.25, 0.3) is 0 Å². The van der Waals surface area contributed by atoms with Gasteiger partial charge in [0.05, 0.1) is 4.92 Å². The monoisotopic (exact) mass is 313 g/mol. The Hall–Kier alpha value is -1.86. The van der Waals surface area contributed by atoms with Crippen LogP contribution in [0.3, 0.4) is 0 Å². The van der Waals surface area contributed by atoms with Gasteiger partial charge in [0, 0.05) is 23.2 Å². The molecule has 0 spiro atoms. The van der Waals surface area contributed by atoms with Crippen LogP contribution in [0.5, 0.6) is 5.75 Å². The predicted molar refractivity (Wildman–Crippen MR) is 77.4 cm³/mol. The fraction of sp³-hybridized carbons (Fsp3) is 0.462.